The molecular weight excluding hydrogens is 210 g/mol. The number of morpholine rings is 1. The lowest BCUT2D eigenvalue weighted by Crippen LogP contribution is -2.47. The Labute approximate surface area is 97.4 Å². The molecule has 1 fully saturated rings. The van der Waals surface area contributed by atoms with E-state index in [4.69, 9.17) is 4.74 Å². The highest BCUT2D eigenvalue weighted by atomic mass is 35.5. The smallest absolute Gasteiger partial charge is 0.0751 e. The predicted molar refractivity (Wildman–Crippen MR) is 64.5 cm³/mol. The molecule has 0 saturated carbocycles. The Bertz CT molecular complexity index is 290. The summed E-state index contributed by atoms with van der Waals surface area (Å²) in [5.74, 6) is 0. The van der Waals surface area contributed by atoms with Gasteiger partial charge in [0.2, 0.25) is 0 Å². The molecule has 1 aromatic carbocycles. The molecule has 15 heavy (non-hydrogen) atoms. The molecule has 1 unspecified atom stereocenters. The van der Waals surface area contributed by atoms with Gasteiger partial charge in [0.25, 0.3) is 0 Å². The Kier molecular flexibility index (Phi) is 4.14. The second-order valence-corrected chi connectivity index (χ2v) is 4.41. The van der Waals surface area contributed by atoms with Gasteiger partial charge in [-0.1, -0.05) is 30.3 Å². The van der Waals surface area contributed by atoms with Crippen LogP contribution in [0.4, 0.5) is 0 Å². The van der Waals surface area contributed by atoms with E-state index in [1.54, 1.807) is 0 Å². The number of ether oxygens (including phenoxy) is 1. The quantitative estimate of drug-likeness (QED) is 0.796. The van der Waals surface area contributed by atoms with Crippen molar-refractivity contribution in [3.05, 3.63) is 35.9 Å². The molecule has 1 atom stereocenters. The van der Waals surface area contributed by atoms with Gasteiger partial charge in [-0.2, -0.15) is 0 Å². The molecular formula is C12H18ClNO. The van der Waals surface area contributed by atoms with Crippen molar-refractivity contribution in [2.24, 2.45) is 0 Å². The van der Waals surface area contributed by atoms with Crippen molar-refractivity contribution in [2.45, 2.75) is 25.5 Å². The van der Waals surface area contributed by atoms with E-state index < -0.39 is 0 Å². The fraction of sp³-hybridized carbons (Fsp3) is 0.500. The van der Waals surface area contributed by atoms with Gasteiger partial charge in [0.15, 0.2) is 0 Å². The first-order valence-corrected chi connectivity index (χ1v) is 5.10. The van der Waals surface area contributed by atoms with Crippen molar-refractivity contribution in [1.82, 2.24) is 5.32 Å². The fourth-order valence-electron chi connectivity index (χ4n) is 1.69. The zero-order chi connectivity index (χ0) is 10.0. The molecule has 1 aliphatic rings. The SMILES string of the molecule is CC1(C)CNC(c2ccccc2)CO1.Cl. The summed E-state index contributed by atoms with van der Waals surface area (Å²) < 4.78 is 5.77. The van der Waals surface area contributed by atoms with Gasteiger partial charge in [-0.15, -0.1) is 12.4 Å². The zero-order valence-corrected chi connectivity index (χ0v) is 10.0. The Morgan fingerprint density at radius 2 is 1.93 bits per heavy atom. The lowest BCUT2D eigenvalue weighted by atomic mass is 10.0. The summed E-state index contributed by atoms with van der Waals surface area (Å²) in [4.78, 5) is 0. The van der Waals surface area contributed by atoms with Crippen LogP contribution in [0.1, 0.15) is 25.5 Å². The highest BCUT2D eigenvalue weighted by molar-refractivity contribution is 5.85. The second-order valence-electron chi connectivity index (χ2n) is 4.41. The molecule has 0 aliphatic carbocycles. The summed E-state index contributed by atoms with van der Waals surface area (Å²) in [5, 5.41) is 3.50. The van der Waals surface area contributed by atoms with Gasteiger partial charge in [-0.3, -0.25) is 0 Å². The molecule has 1 aliphatic heterocycles. The van der Waals surface area contributed by atoms with E-state index in [0.29, 0.717) is 6.04 Å². The van der Waals surface area contributed by atoms with Gasteiger partial charge in [0, 0.05) is 6.54 Å². The molecule has 0 amide bonds. The molecule has 3 heteroatoms. The molecule has 1 aromatic rings. The Balaban J connectivity index is 0.00000112. The van der Waals surface area contributed by atoms with Crippen LogP contribution in [-0.2, 0) is 4.74 Å². The highest BCUT2D eigenvalue weighted by Crippen LogP contribution is 2.21. The minimum absolute atomic E-state index is 0. The number of hydrogen-bond acceptors (Lipinski definition) is 2. The summed E-state index contributed by atoms with van der Waals surface area (Å²) in [7, 11) is 0. The van der Waals surface area contributed by atoms with Gasteiger partial charge < -0.3 is 10.1 Å². The third-order valence-electron chi connectivity index (χ3n) is 2.62. The number of hydrogen-bond donors (Lipinski definition) is 1. The highest BCUT2D eigenvalue weighted by Gasteiger charge is 2.27. The van der Waals surface area contributed by atoms with Gasteiger partial charge in [-0.25, -0.2) is 0 Å². The van der Waals surface area contributed by atoms with Crippen LogP contribution in [0.5, 0.6) is 0 Å². The largest absolute Gasteiger partial charge is 0.372 e. The van der Waals surface area contributed by atoms with Crippen molar-refractivity contribution in [3.8, 4) is 0 Å². The van der Waals surface area contributed by atoms with E-state index in [1.807, 2.05) is 6.07 Å². The third-order valence-corrected chi connectivity index (χ3v) is 2.62. The lowest BCUT2D eigenvalue weighted by molar-refractivity contribution is -0.0586. The molecule has 0 radical (unpaired) electrons. The van der Waals surface area contributed by atoms with Gasteiger partial charge in [0.1, 0.15) is 0 Å². The van der Waals surface area contributed by atoms with Crippen molar-refractivity contribution in [3.63, 3.8) is 0 Å². The Hall–Kier alpha value is -0.570. The van der Waals surface area contributed by atoms with Crippen LogP contribution >= 0.6 is 12.4 Å². The molecule has 0 spiro atoms. The van der Waals surface area contributed by atoms with Crippen LogP contribution in [0.15, 0.2) is 30.3 Å². The van der Waals surface area contributed by atoms with E-state index in [1.165, 1.54) is 5.56 Å². The van der Waals surface area contributed by atoms with Crippen molar-refractivity contribution in [1.29, 1.82) is 0 Å². The van der Waals surface area contributed by atoms with E-state index in [0.717, 1.165) is 13.2 Å². The van der Waals surface area contributed by atoms with Crippen LogP contribution in [0, 0.1) is 0 Å². The van der Waals surface area contributed by atoms with Crippen molar-refractivity contribution >= 4 is 12.4 Å². The minimum atomic E-state index is -0.0225. The predicted octanol–water partition coefficient (Wildman–Crippen LogP) is 2.55. The van der Waals surface area contributed by atoms with Gasteiger partial charge in [-0.05, 0) is 19.4 Å². The molecule has 0 bridgehead atoms. The molecule has 84 valence electrons. The normalized spacial score (nSPS) is 24.3. The third kappa shape index (κ3) is 3.20. The fourth-order valence-corrected chi connectivity index (χ4v) is 1.69. The summed E-state index contributed by atoms with van der Waals surface area (Å²) in [6, 6.07) is 10.8. The summed E-state index contributed by atoms with van der Waals surface area (Å²) in [6.45, 7) is 5.89. The van der Waals surface area contributed by atoms with E-state index in [2.05, 4.69) is 43.4 Å². The Morgan fingerprint density at radius 1 is 1.27 bits per heavy atom. The van der Waals surface area contributed by atoms with E-state index in [-0.39, 0.29) is 18.0 Å². The number of rotatable bonds is 1. The molecule has 2 rings (SSSR count). The van der Waals surface area contributed by atoms with Crippen LogP contribution in [0.3, 0.4) is 0 Å². The molecule has 0 aromatic heterocycles. The van der Waals surface area contributed by atoms with Crippen molar-refractivity contribution in [2.75, 3.05) is 13.2 Å². The minimum Gasteiger partial charge on any atom is -0.372 e. The topological polar surface area (TPSA) is 21.3 Å². The average molecular weight is 228 g/mol. The summed E-state index contributed by atoms with van der Waals surface area (Å²) in [5.41, 5.74) is 1.29. The first-order chi connectivity index (χ1) is 6.67. The number of halogens is 1. The molecule has 1 saturated heterocycles. The first kappa shape index (κ1) is 12.5. The van der Waals surface area contributed by atoms with Gasteiger partial charge in [0.05, 0.1) is 18.2 Å². The molecule has 1 heterocycles. The van der Waals surface area contributed by atoms with E-state index >= 15 is 0 Å². The van der Waals surface area contributed by atoms with Crippen LogP contribution in [0.25, 0.3) is 0 Å². The maximum Gasteiger partial charge on any atom is 0.0751 e. The summed E-state index contributed by atoms with van der Waals surface area (Å²) in [6.07, 6.45) is 0. The number of nitrogens with one attached hydrogen (secondary N) is 1. The van der Waals surface area contributed by atoms with Crippen LogP contribution in [0.2, 0.25) is 0 Å². The van der Waals surface area contributed by atoms with Gasteiger partial charge >= 0.3 is 0 Å². The zero-order valence-electron chi connectivity index (χ0n) is 9.19. The van der Waals surface area contributed by atoms with Crippen molar-refractivity contribution < 1.29 is 4.74 Å². The number of benzene rings is 1. The lowest BCUT2D eigenvalue weighted by Gasteiger charge is -2.36. The molecule has 1 N–H and O–H groups in total. The monoisotopic (exact) mass is 227 g/mol. The maximum absolute atomic E-state index is 5.77. The van der Waals surface area contributed by atoms with E-state index in [9.17, 15) is 0 Å². The Morgan fingerprint density at radius 3 is 2.47 bits per heavy atom. The maximum atomic E-state index is 5.77. The summed E-state index contributed by atoms with van der Waals surface area (Å²) >= 11 is 0. The van der Waals surface area contributed by atoms with Crippen LogP contribution < -0.4 is 5.32 Å². The second kappa shape index (κ2) is 4.97. The van der Waals surface area contributed by atoms with Crippen LogP contribution in [-0.4, -0.2) is 18.8 Å². The average Bonchev–Trinajstić information content (AvgIpc) is 2.19. The standard InChI is InChI=1S/C12H17NO.ClH/c1-12(2)9-13-11(8-14-12)10-6-4-3-5-7-10;/h3-7,11,13H,8-9H2,1-2H3;1H. The first-order valence-electron chi connectivity index (χ1n) is 5.10. The molecule has 2 nitrogen and oxygen atoms in total.